The summed E-state index contributed by atoms with van der Waals surface area (Å²) in [5, 5.41) is 0. The van der Waals surface area contributed by atoms with E-state index in [-0.39, 0.29) is 18.5 Å². The topological polar surface area (TPSA) is 71.1 Å². The Balaban J connectivity index is 2.10. The number of esters is 2. The number of hydrogen-bond donors (Lipinski definition) is 0. The minimum absolute atomic E-state index is 0.0346. The van der Waals surface area contributed by atoms with Gasteiger partial charge in [-0.2, -0.15) is 0 Å². The van der Waals surface area contributed by atoms with Gasteiger partial charge in [0.05, 0.1) is 19.3 Å². The van der Waals surface area contributed by atoms with Gasteiger partial charge in [-0.15, -0.1) is 0 Å². The summed E-state index contributed by atoms with van der Waals surface area (Å²) >= 11 is 0. The highest BCUT2D eigenvalue weighted by molar-refractivity contribution is 5.89. The highest BCUT2D eigenvalue weighted by Crippen LogP contribution is 2.13. The Kier molecular flexibility index (Phi) is 8.26. The highest BCUT2D eigenvalue weighted by Gasteiger charge is 2.15. The first-order valence-electron chi connectivity index (χ1n) is 7.92. The van der Waals surface area contributed by atoms with E-state index < -0.39 is 5.60 Å². The van der Waals surface area contributed by atoms with E-state index in [2.05, 4.69) is 4.74 Å². The molecule has 1 aromatic carbocycles. The molecule has 6 nitrogen and oxygen atoms in total. The zero-order valence-corrected chi connectivity index (χ0v) is 14.8. The number of unbranched alkanes of at least 4 members (excludes halogenated alkanes) is 1. The fourth-order valence-corrected chi connectivity index (χ4v) is 1.83. The van der Waals surface area contributed by atoms with Gasteiger partial charge in [-0.05, 0) is 57.9 Å². The van der Waals surface area contributed by atoms with Gasteiger partial charge in [-0.25, -0.2) is 9.59 Å². The van der Waals surface area contributed by atoms with Crippen molar-refractivity contribution in [1.29, 1.82) is 0 Å². The summed E-state index contributed by atoms with van der Waals surface area (Å²) in [7, 11) is 1.34. The average molecular weight is 338 g/mol. The third-order valence-corrected chi connectivity index (χ3v) is 2.87. The first-order chi connectivity index (χ1) is 11.3. The molecule has 0 spiro atoms. The van der Waals surface area contributed by atoms with Crippen LogP contribution in [-0.2, 0) is 19.0 Å². The number of hydrogen-bond acceptors (Lipinski definition) is 6. The van der Waals surface area contributed by atoms with Crippen LogP contribution in [0.1, 0.15) is 44.0 Å². The normalized spacial score (nSPS) is 11.0. The van der Waals surface area contributed by atoms with Crippen LogP contribution in [0.4, 0.5) is 0 Å². The lowest BCUT2D eigenvalue weighted by Crippen LogP contribution is -2.26. The van der Waals surface area contributed by atoms with Crippen molar-refractivity contribution in [2.45, 2.75) is 39.2 Å². The van der Waals surface area contributed by atoms with Gasteiger partial charge in [0.25, 0.3) is 0 Å². The molecule has 0 saturated heterocycles. The quantitative estimate of drug-likeness (QED) is 0.509. The Morgan fingerprint density at radius 1 is 1.00 bits per heavy atom. The van der Waals surface area contributed by atoms with Gasteiger partial charge in [0.15, 0.2) is 0 Å². The Bertz CT molecular complexity index is 515. The van der Waals surface area contributed by atoms with Crippen LogP contribution in [0, 0.1) is 0 Å². The molecule has 134 valence electrons. The molecule has 6 heteroatoms. The molecule has 0 aromatic heterocycles. The smallest absolute Gasteiger partial charge is 0.337 e. The Morgan fingerprint density at radius 3 is 2.21 bits per heavy atom. The predicted molar refractivity (Wildman–Crippen MR) is 89.2 cm³/mol. The minimum atomic E-state index is -0.488. The van der Waals surface area contributed by atoms with E-state index in [1.165, 1.54) is 7.11 Å². The summed E-state index contributed by atoms with van der Waals surface area (Å²) in [6.45, 7) is 6.43. The van der Waals surface area contributed by atoms with E-state index in [9.17, 15) is 9.59 Å². The molecular formula is C18H26O6. The van der Waals surface area contributed by atoms with Crippen LogP contribution in [0.5, 0.6) is 5.75 Å². The summed E-state index contributed by atoms with van der Waals surface area (Å²) in [6, 6.07) is 6.77. The summed E-state index contributed by atoms with van der Waals surface area (Å²) < 4.78 is 20.6. The van der Waals surface area contributed by atoms with Gasteiger partial charge >= 0.3 is 11.9 Å². The molecule has 1 aromatic rings. The monoisotopic (exact) mass is 338 g/mol. The fraction of sp³-hybridized carbons (Fsp3) is 0.556. The Morgan fingerprint density at radius 2 is 1.62 bits per heavy atom. The van der Waals surface area contributed by atoms with Crippen LogP contribution < -0.4 is 4.74 Å². The molecule has 0 atom stereocenters. The molecule has 1 rings (SSSR count). The van der Waals surface area contributed by atoms with Crippen LogP contribution in [0.25, 0.3) is 0 Å². The molecule has 0 unspecified atom stereocenters. The fourth-order valence-electron chi connectivity index (χ4n) is 1.83. The second-order valence-corrected chi connectivity index (χ2v) is 6.21. The first kappa shape index (κ1) is 20.0. The zero-order valence-electron chi connectivity index (χ0n) is 14.8. The van der Waals surface area contributed by atoms with Crippen LogP contribution in [0.3, 0.4) is 0 Å². The van der Waals surface area contributed by atoms with Crippen LogP contribution >= 0.6 is 0 Å². The number of carbonyl (C=O) groups excluding carboxylic acids is 2. The number of methoxy groups -OCH3 is 1. The molecule has 0 bridgehead atoms. The van der Waals surface area contributed by atoms with Gasteiger partial charge in [0.1, 0.15) is 18.0 Å². The summed E-state index contributed by atoms with van der Waals surface area (Å²) in [5.41, 5.74) is -0.00192. The van der Waals surface area contributed by atoms with E-state index in [0.717, 1.165) is 12.8 Å². The van der Waals surface area contributed by atoms with E-state index in [0.29, 0.717) is 24.5 Å². The number of carbonyl (C=O) groups is 2. The van der Waals surface area contributed by atoms with Crippen molar-refractivity contribution in [1.82, 2.24) is 0 Å². The molecule has 0 amide bonds. The second kappa shape index (κ2) is 9.93. The highest BCUT2D eigenvalue weighted by atomic mass is 16.6. The maximum Gasteiger partial charge on any atom is 0.337 e. The third kappa shape index (κ3) is 8.53. The lowest BCUT2D eigenvalue weighted by atomic mass is 10.2. The van der Waals surface area contributed by atoms with Crippen molar-refractivity contribution >= 4 is 11.9 Å². The Labute approximate surface area is 143 Å². The van der Waals surface area contributed by atoms with E-state index in [4.69, 9.17) is 14.2 Å². The molecule has 0 N–H and O–H groups in total. The largest absolute Gasteiger partial charge is 0.494 e. The molecule has 24 heavy (non-hydrogen) atoms. The van der Waals surface area contributed by atoms with Crippen molar-refractivity contribution in [2.75, 3.05) is 26.9 Å². The predicted octanol–water partition coefficient (Wildman–Crippen LogP) is 2.99. The van der Waals surface area contributed by atoms with Gasteiger partial charge in [0.2, 0.25) is 0 Å². The number of ether oxygens (including phenoxy) is 4. The van der Waals surface area contributed by atoms with Gasteiger partial charge in [0, 0.05) is 6.61 Å². The summed E-state index contributed by atoms with van der Waals surface area (Å²) in [6.07, 6.45) is 1.58. The van der Waals surface area contributed by atoms with Crippen LogP contribution in [0.2, 0.25) is 0 Å². The molecule has 0 heterocycles. The summed E-state index contributed by atoms with van der Waals surface area (Å²) in [4.78, 5) is 22.7. The molecular weight excluding hydrogens is 312 g/mol. The molecule has 0 aliphatic heterocycles. The second-order valence-electron chi connectivity index (χ2n) is 6.21. The average Bonchev–Trinajstić information content (AvgIpc) is 2.52. The van der Waals surface area contributed by atoms with Crippen LogP contribution in [0.15, 0.2) is 24.3 Å². The van der Waals surface area contributed by atoms with Crippen LogP contribution in [-0.4, -0.2) is 44.5 Å². The van der Waals surface area contributed by atoms with Gasteiger partial charge < -0.3 is 18.9 Å². The summed E-state index contributed by atoms with van der Waals surface area (Å²) in [5.74, 6) is -0.0366. The SMILES string of the molecule is COC(=O)c1ccc(OCCCCOCC(=O)OC(C)(C)C)cc1. The van der Waals surface area contributed by atoms with E-state index >= 15 is 0 Å². The van der Waals surface area contributed by atoms with E-state index in [1.807, 2.05) is 20.8 Å². The lowest BCUT2D eigenvalue weighted by Gasteiger charge is -2.19. The first-order valence-corrected chi connectivity index (χ1v) is 7.92. The Hall–Kier alpha value is -2.08. The molecule has 0 radical (unpaired) electrons. The number of rotatable bonds is 9. The van der Waals surface area contributed by atoms with Crippen molar-refractivity contribution in [2.24, 2.45) is 0 Å². The minimum Gasteiger partial charge on any atom is -0.494 e. The van der Waals surface area contributed by atoms with Gasteiger partial charge in [-0.3, -0.25) is 0 Å². The van der Waals surface area contributed by atoms with Crippen molar-refractivity contribution in [3.63, 3.8) is 0 Å². The standard InChI is InChI=1S/C18H26O6/c1-18(2,3)24-16(19)13-22-11-5-6-12-23-15-9-7-14(8-10-15)17(20)21-4/h7-10H,5-6,11-13H2,1-4H3. The van der Waals surface area contributed by atoms with Crippen molar-refractivity contribution in [3.8, 4) is 5.75 Å². The lowest BCUT2D eigenvalue weighted by molar-refractivity contribution is -0.160. The van der Waals surface area contributed by atoms with Crippen molar-refractivity contribution < 1.29 is 28.5 Å². The molecule has 0 saturated carbocycles. The zero-order chi connectivity index (χ0) is 18.0. The van der Waals surface area contributed by atoms with E-state index in [1.54, 1.807) is 24.3 Å². The molecule has 0 aliphatic rings. The number of benzene rings is 1. The maximum absolute atomic E-state index is 11.4. The van der Waals surface area contributed by atoms with Gasteiger partial charge in [-0.1, -0.05) is 0 Å². The molecule has 0 fully saturated rings. The molecule has 0 aliphatic carbocycles. The third-order valence-electron chi connectivity index (χ3n) is 2.87. The maximum atomic E-state index is 11.4. The van der Waals surface area contributed by atoms with Crippen molar-refractivity contribution in [3.05, 3.63) is 29.8 Å².